The van der Waals surface area contributed by atoms with Crippen molar-refractivity contribution < 1.29 is 9.90 Å². The van der Waals surface area contributed by atoms with Gasteiger partial charge in [0, 0.05) is 18.4 Å². The molecule has 0 bridgehead atoms. The Morgan fingerprint density at radius 2 is 2.42 bits per heavy atom. The number of rotatable bonds is 2. The minimum atomic E-state index is -0.0860. The molecule has 1 aliphatic heterocycles. The molecule has 2 aromatic rings. The van der Waals surface area contributed by atoms with Gasteiger partial charge in [-0.1, -0.05) is 0 Å². The van der Waals surface area contributed by atoms with Gasteiger partial charge in [-0.2, -0.15) is 5.10 Å². The van der Waals surface area contributed by atoms with Crippen LogP contribution in [0, 0.1) is 0 Å². The minimum Gasteiger partial charge on any atom is -0.399 e. The highest BCUT2D eigenvalue weighted by molar-refractivity contribution is 6.01. The molecule has 100 valence electrons. The van der Waals surface area contributed by atoms with Crippen molar-refractivity contribution in [1.82, 2.24) is 14.5 Å². The third-order valence-electron chi connectivity index (χ3n) is 3.62. The number of aromatic nitrogens is 2. The van der Waals surface area contributed by atoms with Crippen molar-refractivity contribution in [3.05, 3.63) is 30.1 Å². The molecule has 0 unspecified atom stereocenters. The van der Waals surface area contributed by atoms with Crippen molar-refractivity contribution in [2.24, 2.45) is 0 Å². The molecule has 0 aliphatic carbocycles. The van der Waals surface area contributed by atoms with Gasteiger partial charge in [-0.25, -0.2) is 4.52 Å². The first-order valence-electron chi connectivity index (χ1n) is 6.35. The second-order valence-electron chi connectivity index (χ2n) is 4.83. The van der Waals surface area contributed by atoms with E-state index in [-0.39, 0.29) is 18.6 Å². The van der Waals surface area contributed by atoms with Crippen LogP contribution in [0.25, 0.3) is 5.52 Å². The SMILES string of the molecule is Nc1ccn2ncc(C(=O)N3CCC[C@@H]3CO)c2c1. The van der Waals surface area contributed by atoms with E-state index in [1.807, 2.05) is 0 Å². The van der Waals surface area contributed by atoms with E-state index in [4.69, 9.17) is 5.73 Å². The number of carbonyl (C=O) groups excluding carboxylic acids is 1. The number of hydrogen-bond acceptors (Lipinski definition) is 4. The molecular formula is C13H16N4O2. The van der Waals surface area contributed by atoms with Crippen molar-refractivity contribution in [3.8, 4) is 0 Å². The Bertz CT molecular complexity index is 622. The Morgan fingerprint density at radius 1 is 1.58 bits per heavy atom. The lowest BCUT2D eigenvalue weighted by Crippen LogP contribution is -2.37. The third-order valence-corrected chi connectivity index (χ3v) is 3.62. The zero-order valence-corrected chi connectivity index (χ0v) is 10.5. The van der Waals surface area contributed by atoms with E-state index in [1.165, 1.54) is 0 Å². The van der Waals surface area contributed by atoms with Crippen molar-refractivity contribution in [2.45, 2.75) is 18.9 Å². The highest BCUT2D eigenvalue weighted by Gasteiger charge is 2.30. The Hall–Kier alpha value is -2.08. The van der Waals surface area contributed by atoms with E-state index in [9.17, 15) is 9.90 Å². The molecule has 0 spiro atoms. The fourth-order valence-corrected chi connectivity index (χ4v) is 2.61. The monoisotopic (exact) mass is 260 g/mol. The predicted molar refractivity (Wildman–Crippen MR) is 70.7 cm³/mol. The minimum absolute atomic E-state index is 0.00704. The lowest BCUT2D eigenvalue weighted by atomic mass is 10.2. The Morgan fingerprint density at radius 3 is 3.21 bits per heavy atom. The van der Waals surface area contributed by atoms with Crippen LogP contribution < -0.4 is 5.73 Å². The summed E-state index contributed by atoms with van der Waals surface area (Å²) in [5.74, 6) is -0.0860. The quantitative estimate of drug-likeness (QED) is 0.824. The first kappa shape index (κ1) is 12.0. The van der Waals surface area contributed by atoms with Gasteiger partial charge < -0.3 is 15.7 Å². The molecule has 0 aromatic carbocycles. The number of likely N-dealkylation sites (tertiary alicyclic amines) is 1. The number of pyridine rings is 1. The van der Waals surface area contributed by atoms with Crippen LogP contribution >= 0.6 is 0 Å². The van der Waals surface area contributed by atoms with Crippen LogP contribution in [0.1, 0.15) is 23.2 Å². The van der Waals surface area contributed by atoms with Gasteiger partial charge in [0.05, 0.1) is 29.9 Å². The number of nitrogen functional groups attached to an aromatic ring is 1. The van der Waals surface area contributed by atoms with E-state index in [0.29, 0.717) is 23.3 Å². The van der Waals surface area contributed by atoms with Crippen LogP contribution in [0.3, 0.4) is 0 Å². The molecule has 0 radical (unpaired) electrons. The average molecular weight is 260 g/mol. The van der Waals surface area contributed by atoms with Gasteiger partial charge in [-0.3, -0.25) is 4.79 Å². The molecule has 3 N–H and O–H groups in total. The Kier molecular flexibility index (Phi) is 2.87. The standard InChI is InChI=1S/C13H16N4O2/c14-9-3-5-17-12(6-9)11(7-15-17)13(19)16-4-1-2-10(16)8-18/h3,5-7,10,18H,1-2,4,8,14H2/t10-/m1/s1. The number of aliphatic hydroxyl groups excluding tert-OH is 1. The molecule has 2 aromatic heterocycles. The molecule has 0 saturated carbocycles. The maximum absolute atomic E-state index is 12.5. The summed E-state index contributed by atoms with van der Waals surface area (Å²) in [5.41, 5.74) is 7.59. The number of anilines is 1. The molecule has 1 fully saturated rings. The number of carbonyl (C=O) groups is 1. The number of aliphatic hydroxyl groups is 1. The summed E-state index contributed by atoms with van der Waals surface area (Å²) in [7, 11) is 0. The van der Waals surface area contributed by atoms with E-state index in [1.54, 1.807) is 33.9 Å². The second-order valence-corrected chi connectivity index (χ2v) is 4.83. The summed E-state index contributed by atoms with van der Waals surface area (Å²) < 4.78 is 1.63. The van der Waals surface area contributed by atoms with E-state index in [2.05, 4.69) is 5.10 Å². The van der Waals surface area contributed by atoms with Crippen molar-refractivity contribution in [3.63, 3.8) is 0 Å². The average Bonchev–Trinajstić information content (AvgIpc) is 3.03. The van der Waals surface area contributed by atoms with Gasteiger partial charge in [-0.15, -0.1) is 0 Å². The van der Waals surface area contributed by atoms with Gasteiger partial charge in [0.1, 0.15) is 0 Å². The smallest absolute Gasteiger partial charge is 0.258 e. The van der Waals surface area contributed by atoms with E-state index >= 15 is 0 Å². The van der Waals surface area contributed by atoms with Gasteiger partial charge in [0.15, 0.2) is 0 Å². The van der Waals surface area contributed by atoms with Crippen LogP contribution in [-0.2, 0) is 0 Å². The van der Waals surface area contributed by atoms with Crippen molar-refractivity contribution in [2.75, 3.05) is 18.9 Å². The summed E-state index contributed by atoms with van der Waals surface area (Å²) in [6, 6.07) is 3.40. The first-order valence-corrected chi connectivity index (χ1v) is 6.35. The highest BCUT2D eigenvalue weighted by atomic mass is 16.3. The summed E-state index contributed by atoms with van der Waals surface area (Å²) in [6.07, 6.45) is 5.07. The zero-order chi connectivity index (χ0) is 13.4. The Labute approximate surface area is 110 Å². The highest BCUT2D eigenvalue weighted by Crippen LogP contribution is 2.22. The van der Waals surface area contributed by atoms with Crippen LogP contribution in [0.2, 0.25) is 0 Å². The molecule has 1 atom stereocenters. The Balaban J connectivity index is 1.99. The fraction of sp³-hybridized carbons (Fsp3) is 0.385. The number of nitrogens with two attached hydrogens (primary N) is 1. The molecule has 1 amide bonds. The molecule has 1 saturated heterocycles. The van der Waals surface area contributed by atoms with Gasteiger partial charge in [0.2, 0.25) is 0 Å². The van der Waals surface area contributed by atoms with Crippen LogP contribution in [0.15, 0.2) is 24.5 Å². The fourth-order valence-electron chi connectivity index (χ4n) is 2.61. The lowest BCUT2D eigenvalue weighted by molar-refractivity contribution is 0.0679. The topological polar surface area (TPSA) is 83.9 Å². The molecule has 1 aliphatic rings. The third kappa shape index (κ3) is 1.94. The van der Waals surface area contributed by atoms with Crippen LogP contribution in [0.4, 0.5) is 5.69 Å². The largest absolute Gasteiger partial charge is 0.399 e. The molecule has 19 heavy (non-hydrogen) atoms. The molecular weight excluding hydrogens is 244 g/mol. The van der Waals surface area contributed by atoms with Crippen molar-refractivity contribution in [1.29, 1.82) is 0 Å². The lowest BCUT2D eigenvalue weighted by Gasteiger charge is -2.22. The molecule has 6 nitrogen and oxygen atoms in total. The maximum Gasteiger partial charge on any atom is 0.258 e. The number of amides is 1. The maximum atomic E-state index is 12.5. The summed E-state index contributed by atoms with van der Waals surface area (Å²) in [4.78, 5) is 14.2. The van der Waals surface area contributed by atoms with E-state index < -0.39 is 0 Å². The normalized spacial score (nSPS) is 19.2. The number of hydrogen-bond donors (Lipinski definition) is 2. The predicted octanol–water partition coefficient (Wildman–Crippen LogP) is 0.513. The van der Waals surface area contributed by atoms with Gasteiger partial charge in [-0.05, 0) is 25.0 Å². The summed E-state index contributed by atoms with van der Waals surface area (Å²) in [6.45, 7) is 0.691. The van der Waals surface area contributed by atoms with Crippen LogP contribution in [-0.4, -0.2) is 44.7 Å². The number of nitrogens with zero attached hydrogens (tertiary/aromatic N) is 3. The van der Waals surface area contributed by atoms with Gasteiger partial charge >= 0.3 is 0 Å². The summed E-state index contributed by atoms with van der Waals surface area (Å²) in [5, 5.41) is 13.5. The second kappa shape index (κ2) is 4.55. The molecule has 3 rings (SSSR count). The van der Waals surface area contributed by atoms with Crippen LogP contribution in [0.5, 0.6) is 0 Å². The van der Waals surface area contributed by atoms with Crippen molar-refractivity contribution >= 4 is 17.1 Å². The molecule has 3 heterocycles. The number of fused-ring (bicyclic) bond motifs is 1. The van der Waals surface area contributed by atoms with E-state index in [0.717, 1.165) is 12.8 Å². The summed E-state index contributed by atoms with van der Waals surface area (Å²) >= 11 is 0. The molecule has 6 heteroatoms. The first-order chi connectivity index (χ1) is 9.20. The zero-order valence-electron chi connectivity index (χ0n) is 10.5. The van der Waals surface area contributed by atoms with Gasteiger partial charge in [0.25, 0.3) is 5.91 Å².